The normalized spacial score (nSPS) is 9.57. The summed E-state index contributed by atoms with van der Waals surface area (Å²) in [6.07, 6.45) is 1.52. The van der Waals surface area contributed by atoms with E-state index in [0.29, 0.717) is 13.2 Å². The van der Waals surface area contributed by atoms with Gasteiger partial charge in [0.25, 0.3) is 0 Å². The van der Waals surface area contributed by atoms with Crippen LogP contribution in [0.25, 0.3) is 0 Å². The lowest BCUT2D eigenvalue weighted by atomic mass is 10.3. The van der Waals surface area contributed by atoms with E-state index in [1.54, 1.807) is 0 Å². The predicted molar refractivity (Wildman–Crippen MR) is 48.5 cm³/mol. The third-order valence-electron chi connectivity index (χ3n) is 1.33. The fraction of sp³-hybridized carbons (Fsp3) is 0.778. The molecule has 0 saturated heterocycles. The molecule has 0 aromatic heterocycles. The van der Waals surface area contributed by atoms with Crippen molar-refractivity contribution in [3.8, 4) is 0 Å². The smallest absolute Gasteiger partial charge is 0.304 e. The Bertz CT molecular complexity index is 158. The summed E-state index contributed by atoms with van der Waals surface area (Å²) in [6.45, 7) is 3.59. The van der Waals surface area contributed by atoms with Crippen molar-refractivity contribution in [2.75, 3.05) is 20.0 Å². The first kappa shape index (κ1) is 12.9. The fourth-order valence-electron chi connectivity index (χ4n) is 0.706. The van der Waals surface area contributed by atoms with E-state index in [2.05, 4.69) is 4.74 Å². The van der Waals surface area contributed by atoms with Gasteiger partial charge in [-0.2, -0.15) is 0 Å². The number of hydrogen-bond acceptors (Lipinski definition) is 5. The van der Waals surface area contributed by atoms with Gasteiger partial charge in [0.05, 0.1) is 13.2 Å². The van der Waals surface area contributed by atoms with Gasteiger partial charge in [-0.05, 0) is 12.8 Å². The molecule has 82 valence electrons. The third-order valence-corrected chi connectivity index (χ3v) is 1.33. The summed E-state index contributed by atoms with van der Waals surface area (Å²) in [5.74, 6) is -0.629. The van der Waals surface area contributed by atoms with Gasteiger partial charge < -0.3 is 14.2 Å². The topological polar surface area (TPSA) is 61.8 Å². The molecular formula is C9H16O5. The molecule has 5 heteroatoms. The Morgan fingerprint density at radius 3 is 2.07 bits per heavy atom. The van der Waals surface area contributed by atoms with Gasteiger partial charge in [0.1, 0.15) is 0 Å². The Morgan fingerprint density at radius 2 is 1.50 bits per heavy atom. The number of ether oxygens (including phenoxy) is 3. The summed E-state index contributed by atoms with van der Waals surface area (Å²) in [7, 11) is 0. The molecule has 0 aromatic carbocycles. The molecule has 0 unspecified atom stereocenters. The van der Waals surface area contributed by atoms with Gasteiger partial charge in [-0.15, -0.1) is 0 Å². The van der Waals surface area contributed by atoms with Gasteiger partial charge >= 0.3 is 11.9 Å². The maximum Gasteiger partial charge on any atom is 0.304 e. The van der Waals surface area contributed by atoms with E-state index >= 15 is 0 Å². The Hall–Kier alpha value is -1.10. The quantitative estimate of drug-likeness (QED) is 0.350. The summed E-state index contributed by atoms with van der Waals surface area (Å²) < 4.78 is 14.2. The van der Waals surface area contributed by atoms with Gasteiger partial charge in [0.15, 0.2) is 6.79 Å². The lowest BCUT2D eigenvalue weighted by Crippen LogP contribution is -2.06. The molecule has 0 atom stereocenters. The summed E-state index contributed by atoms with van der Waals surface area (Å²) in [4.78, 5) is 20.6. The van der Waals surface area contributed by atoms with Gasteiger partial charge in [-0.25, -0.2) is 0 Å². The highest BCUT2D eigenvalue weighted by molar-refractivity contribution is 5.66. The van der Waals surface area contributed by atoms with Crippen molar-refractivity contribution >= 4 is 11.9 Å². The first-order valence-corrected chi connectivity index (χ1v) is 4.47. The van der Waals surface area contributed by atoms with Crippen molar-refractivity contribution in [2.24, 2.45) is 0 Å². The van der Waals surface area contributed by atoms with Crippen LogP contribution in [0.5, 0.6) is 0 Å². The van der Waals surface area contributed by atoms with E-state index in [1.165, 1.54) is 13.8 Å². The van der Waals surface area contributed by atoms with Gasteiger partial charge in [-0.3, -0.25) is 9.59 Å². The first-order valence-electron chi connectivity index (χ1n) is 4.47. The second kappa shape index (κ2) is 8.50. The van der Waals surface area contributed by atoms with Crippen LogP contribution >= 0.6 is 0 Å². The van der Waals surface area contributed by atoms with Crippen LogP contribution in [0.4, 0.5) is 0 Å². The number of unbranched alkanes of at least 4 members (excludes halogenated alkanes) is 1. The van der Waals surface area contributed by atoms with Gasteiger partial charge in [0.2, 0.25) is 0 Å². The highest BCUT2D eigenvalue weighted by atomic mass is 16.7. The van der Waals surface area contributed by atoms with Crippen molar-refractivity contribution in [2.45, 2.75) is 26.7 Å². The van der Waals surface area contributed by atoms with E-state index in [1.807, 2.05) is 0 Å². The van der Waals surface area contributed by atoms with Crippen LogP contribution in [-0.2, 0) is 23.8 Å². The van der Waals surface area contributed by atoms with Crippen LogP contribution in [0.2, 0.25) is 0 Å². The summed E-state index contributed by atoms with van der Waals surface area (Å²) in [5.41, 5.74) is 0. The zero-order valence-electron chi connectivity index (χ0n) is 8.58. The van der Waals surface area contributed by atoms with E-state index in [9.17, 15) is 9.59 Å². The molecule has 0 heterocycles. The molecule has 5 nitrogen and oxygen atoms in total. The van der Waals surface area contributed by atoms with Crippen molar-refractivity contribution in [3.05, 3.63) is 0 Å². The molecule has 0 aliphatic carbocycles. The van der Waals surface area contributed by atoms with Crippen molar-refractivity contribution in [1.82, 2.24) is 0 Å². The number of rotatable bonds is 7. The van der Waals surface area contributed by atoms with E-state index in [0.717, 1.165) is 12.8 Å². The molecular weight excluding hydrogens is 188 g/mol. The van der Waals surface area contributed by atoms with Crippen LogP contribution in [0.1, 0.15) is 26.7 Å². The molecule has 0 fully saturated rings. The minimum absolute atomic E-state index is 0.0110. The zero-order valence-corrected chi connectivity index (χ0v) is 8.58. The molecule has 0 spiro atoms. The molecule has 0 aliphatic rings. The number of carbonyl (C=O) groups is 2. The molecule has 0 rings (SSSR count). The lowest BCUT2D eigenvalue weighted by Gasteiger charge is -2.04. The summed E-state index contributed by atoms with van der Waals surface area (Å²) >= 11 is 0. The molecule has 0 aromatic rings. The Morgan fingerprint density at radius 1 is 0.929 bits per heavy atom. The highest BCUT2D eigenvalue weighted by Gasteiger charge is 1.94. The van der Waals surface area contributed by atoms with E-state index in [4.69, 9.17) is 9.47 Å². The fourth-order valence-corrected chi connectivity index (χ4v) is 0.706. The average molecular weight is 204 g/mol. The Kier molecular flexibility index (Phi) is 7.83. The van der Waals surface area contributed by atoms with Crippen molar-refractivity contribution in [1.29, 1.82) is 0 Å². The van der Waals surface area contributed by atoms with Crippen molar-refractivity contribution < 1.29 is 23.8 Å². The lowest BCUT2D eigenvalue weighted by molar-refractivity contribution is -0.153. The maximum absolute atomic E-state index is 10.3. The van der Waals surface area contributed by atoms with Crippen LogP contribution < -0.4 is 0 Å². The maximum atomic E-state index is 10.3. The third kappa shape index (κ3) is 10.9. The first-order chi connectivity index (χ1) is 6.63. The molecule has 0 N–H and O–H groups in total. The molecule has 0 amide bonds. The Balaban J connectivity index is 2.99. The van der Waals surface area contributed by atoms with Crippen LogP contribution in [0, 0.1) is 0 Å². The number of hydrogen-bond donors (Lipinski definition) is 0. The highest BCUT2D eigenvalue weighted by Crippen LogP contribution is 1.92. The average Bonchev–Trinajstić information content (AvgIpc) is 2.08. The molecule has 0 aliphatic heterocycles. The minimum Gasteiger partial charge on any atom is -0.466 e. The standard InChI is InChI=1S/C9H16O5/c1-8(10)13-6-4-3-5-12-7-14-9(2)11/h3-7H2,1-2H3. The molecule has 0 saturated carbocycles. The predicted octanol–water partition coefficient (Wildman–Crippen LogP) is 0.867. The largest absolute Gasteiger partial charge is 0.466 e. The Labute approximate surface area is 83.3 Å². The second-order valence-corrected chi connectivity index (χ2v) is 2.71. The summed E-state index contributed by atoms with van der Waals surface area (Å²) in [5, 5.41) is 0. The van der Waals surface area contributed by atoms with E-state index < -0.39 is 0 Å². The zero-order chi connectivity index (χ0) is 10.8. The monoisotopic (exact) mass is 204 g/mol. The van der Waals surface area contributed by atoms with Crippen LogP contribution in [-0.4, -0.2) is 31.9 Å². The van der Waals surface area contributed by atoms with Gasteiger partial charge in [0, 0.05) is 13.8 Å². The minimum atomic E-state index is -0.357. The summed E-state index contributed by atoms with van der Waals surface area (Å²) in [6, 6.07) is 0. The molecule has 0 radical (unpaired) electrons. The van der Waals surface area contributed by atoms with Gasteiger partial charge in [-0.1, -0.05) is 0 Å². The SMILES string of the molecule is CC(=O)OCCCCOCOC(C)=O. The van der Waals surface area contributed by atoms with Crippen molar-refractivity contribution in [3.63, 3.8) is 0 Å². The van der Waals surface area contributed by atoms with Crippen LogP contribution in [0.15, 0.2) is 0 Å². The van der Waals surface area contributed by atoms with Crippen LogP contribution in [0.3, 0.4) is 0 Å². The second-order valence-electron chi connectivity index (χ2n) is 2.71. The molecule has 14 heavy (non-hydrogen) atoms. The van der Waals surface area contributed by atoms with E-state index in [-0.39, 0.29) is 18.7 Å². The number of esters is 2. The number of carbonyl (C=O) groups excluding carboxylic acids is 2. The molecule has 0 bridgehead atoms.